The van der Waals surface area contributed by atoms with Crippen LogP contribution in [0.25, 0.3) is 0 Å². The molecule has 0 aliphatic carbocycles. The second kappa shape index (κ2) is 6.99. The maximum absolute atomic E-state index is 12.4. The number of amides is 1. The van der Waals surface area contributed by atoms with Crippen LogP contribution in [0.5, 0.6) is 0 Å². The summed E-state index contributed by atoms with van der Waals surface area (Å²) in [5.41, 5.74) is 4.37. The number of nitrogens with zero attached hydrogens (tertiary/aromatic N) is 3. The molecule has 2 aromatic heterocycles. The van der Waals surface area contributed by atoms with Crippen molar-refractivity contribution in [3.63, 3.8) is 0 Å². The third kappa shape index (κ3) is 3.02. The Morgan fingerprint density at radius 1 is 1.45 bits per heavy atom. The number of hydrogen-bond donors (Lipinski definition) is 2. The van der Waals surface area contributed by atoms with Crippen molar-refractivity contribution in [3.8, 4) is 0 Å². The number of nitrogens with one attached hydrogen (secondary N) is 2. The third-order valence-corrected chi connectivity index (χ3v) is 7.41. The predicted octanol–water partition coefficient (Wildman–Crippen LogP) is 2.26. The van der Waals surface area contributed by atoms with Gasteiger partial charge < -0.3 is 15.0 Å². The van der Waals surface area contributed by atoms with Crippen LogP contribution >= 0.6 is 0 Å². The van der Waals surface area contributed by atoms with Gasteiger partial charge in [-0.15, -0.1) is 0 Å². The zero-order chi connectivity index (χ0) is 20.2. The van der Waals surface area contributed by atoms with Crippen molar-refractivity contribution in [2.75, 3.05) is 19.6 Å². The standard InChI is InChI=1S/C22H31N5O2/c1-4-27-15(3)17(14(2)25-27)11-26-12-18-16(20-7-8-22(18,13-26)29-20)10-24-21(28)19-6-5-9-23-19/h5-6,9,16,18,20,23H,4,7-8,10-13H2,1-3H3,(H,24,28)/t16-,18+,20+,22+/m0/s1. The fraction of sp³-hybridized carbons (Fsp3) is 0.636. The van der Waals surface area contributed by atoms with E-state index in [1.165, 1.54) is 11.3 Å². The van der Waals surface area contributed by atoms with Gasteiger partial charge >= 0.3 is 0 Å². The van der Waals surface area contributed by atoms with Gasteiger partial charge in [-0.05, 0) is 45.7 Å². The topological polar surface area (TPSA) is 75.2 Å². The summed E-state index contributed by atoms with van der Waals surface area (Å²) in [7, 11) is 0. The molecule has 0 unspecified atom stereocenters. The fourth-order valence-electron chi connectivity index (χ4n) is 5.95. The average Bonchev–Trinajstić information content (AvgIpc) is 3.50. The first-order chi connectivity index (χ1) is 14.0. The molecule has 2 bridgehead atoms. The summed E-state index contributed by atoms with van der Waals surface area (Å²) in [6.07, 6.45) is 4.33. The molecular formula is C22H31N5O2. The fourth-order valence-corrected chi connectivity index (χ4v) is 5.95. The number of aromatic nitrogens is 3. The summed E-state index contributed by atoms with van der Waals surface area (Å²) in [4.78, 5) is 17.9. The second-order valence-electron chi connectivity index (χ2n) is 8.96. The number of carbonyl (C=O) groups is 1. The van der Waals surface area contributed by atoms with Gasteiger partial charge in [0, 0.05) is 62.0 Å². The molecule has 29 heavy (non-hydrogen) atoms. The SMILES string of the molecule is CCn1nc(C)c(CN2C[C@@H]3[C@H](CNC(=O)c4ccc[nH]4)[C@H]4CC[C@]3(C2)O4)c1C. The first-order valence-electron chi connectivity index (χ1n) is 10.9. The Labute approximate surface area is 171 Å². The van der Waals surface area contributed by atoms with Crippen LogP contribution in [0.4, 0.5) is 0 Å². The number of hydrogen-bond acceptors (Lipinski definition) is 4. The molecule has 2 N–H and O–H groups in total. The van der Waals surface area contributed by atoms with E-state index < -0.39 is 0 Å². The van der Waals surface area contributed by atoms with Crippen LogP contribution in [0, 0.1) is 25.7 Å². The minimum absolute atomic E-state index is 0.0188. The van der Waals surface area contributed by atoms with E-state index in [9.17, 15) is 4.79 Å². The van der Waals surface area contributed by atoms with Crippen LogP contribution in [0.3, 0.4) is 0 Å². The first kappa shape index (κ1) is 18.9. The summed E-state index contributed by atoms with van der Waals surface area (Å²) < 4.78 is 8.65. The van der Waals surface area contributed by atoms with E-state index in [-0.39, 0.29) is 17.6 Å². The van der Waals surface area contributed by atoms with Gasteiger partial charge in [-0.3, -0.25) is 14.4 Å². The van der Waals surface area contributed by atoms with E-state index >= 15 is 0 Å². The number of ether oxygens (including phenoxy) is 1. The molecule has 156 valence electrons. The van der Waals surface area contributed by atoms with Crippen molar-refractivity contribution in [1.82, 2.24) is 25.0 Å². The molecule has 2 aromatic rings. The van der Waals surface area contributed by atoms with Crippen LogP contribution in [-0.2, 0) is 17.8 Å². The Kier molecular flexibility index (Phi) is 4.55. The zero-order valence-electron chi connectivity index (χ0n) is 17.6. The maximum atomic E-state index is 12.4. The molecule has 5 rings (SSSR count). The quantitative estimate of drug-likeness (QED) is 0.784. The van der Waals surface area contributed by atoms with Crippen molar-refractivity contribution >= 4 is 5.91 Å². The molecule has 0 saturated carbocycles. The molecule has 3 fully saturated rings. The Morgan fingerprint density at radius 2 is 2.31 bits per heavy atom. The Balaban J connectivity index is 1.27. The molecule has 3 saturated heterocycles. The number of aromatic amines is 1. The molecule has 3 aliphatic heterocycles. The van der Waals surface area contributed by atoms with Crippen LogP contribution in [-0.4, -0.2) is 56.9 Å². The number of aryl methyl sites for hydroxylation is 2. The Bertz CT molecular complexity index is 905. The highest BCUT2D eigenvalue weighted by molar-refractivity contribution is 5.92. The number of carbonyl (C=O) groups excluding carboxylic acids is 1. The summed E-state index contributed by atoms with van der Waals surface area (Å²) >= 11 is 0. The van der Waals surface area contributed by atoms with Gasteiger partial charge in [-0.25, -0.2) is 0 Å². The number of H-pyrrole nitrogens is 1. The smallest absolute Gasteiger partial charge is 0.267 e. The van der Waals surface area contributed by atoms with Gasteiger partial charge in [0.25, 0.3) is 5.91 Å². The molecule has 1 spiro atoms. The minimum Gasteiger partial charge on any atom is -0.370 e. The van der Waals surface area contributed by atoms with E-state index in [2.05, 4.69) is 45.8 Å². The van der Waals surface area contributed by atoms with Gasteiger partial charge in [0.1, 0.15) is 5.69 Å². The van der Waals surface area contributed by atoms with E-state index in [1.807, 2.05) is 12.1 Å². The summed E-state index contributed by atoms with van der Waals surface area (Å²) in [6.45, 7) is 11.0. The number of fused-ring (bicyclic) bond motifs is 1. The first-order valence-corrected chi connectivity index (χ1v) is 10.9. The van der Waals surface area contributed by atoms with Gasteiger partial charge in [0.15, 0.2) is 0 Å². The lowest BCUT2D eigenvalue weighted by molar-refractivity contribution is 0.00209. The summed E-state index contributed by atoms with van der Waals surface area (Å²) in [5, 5.41) is 7.82. The van der Waals surface area contributed by atoms with Crippen molar-refractivity contribution in [3.05, 3.63) is 41.0 Å². The monoisotopic (exact) mass is 397 g/mol. The largest absolute Gasteiger partial charge is 0.370 e. The van der Waals surface area contributed by atoms with Crippen molar-refractivity contribution in [2.24, 2.45) is 11.8 Å². The Hall–Kier alpha value is -2.12. The van der Waals surface area contributed by atoms with Gasteiger partial charge in [0.2, 0.25) is 0 Å². The normalized spacial score (nSPS) is 30.8. The molecule has 7 heteroatoms. The molecular weight excluding hydrogens is 366 g/mol. The van der Waals surface area contributed by atoms with Crippen LogP contribution in [0.15, 0.2) is 18.3 Å². The van der Waals surface area contributed by atoms with Crippen LogP contribution < -0.4 is 5.32 Å². The third-order valence-electron chi connectivity index (χ3n) is 7.41. The van der Waals surface area contributed by atoms with Crippen molar-refractivity contribution in [2.45, 2.75) is 58.4 Å². The molecule has 1 amide bonds. The highest BCUT2D eigenvalue weighted by Crippen LogP contribution is 2.54. The van der Waals surface area contributed by atoms with E-state index in [1.54, 1.807) is 6.20 Å². The molecule has 4 atom stereocenters. The van der Waals surface area contributed by atoms with Crippen LogP contribution in [0.1, 0.15) is 47.2 Å². The van der Waals surface area contributed by atoms with Crippen molar-refractivity contribution in [1.29, 1.82) is 0 Å². The van der Waals surface area contributed by atoms with Gasteiger partial charge in [-0.2, -0.15) is 5.10 Å². The lowest BCUT2D eigenvalue weighted by Crippen LogP contribution is -2.42. The van der Waals surface area contributed by atoms with E-state index in [4.69, 9.17) is 4.74 Å². The number of likely N-dealkylation sites (tertiary alicyclic amines) is 1. The van der Waals surface area contributed by atoms with E-state index in [0.29, 0.717) is 24.1 Å². The van der Waals surface area contributed by atoms with Gasteiger partial charge in [-0.1, -0.05) is 0 Å². The average molecular weight is 398 g/mol. The number of rotatable bonds is 6. The Morgan fingerprint density at radius 3 is 3.03 bits per heavy atom. The minimum atomic E-state index is -0.0279. The molecule has 0 radical (unpaired) electrons. The second-order valence-corrected chi connectivity index (χ2v) is 8.96. The summed E-state index contributed by atoms with van der Waals surface area (Å²) in [6, 6.07) is 3.66. The molecule has 0 aromatic carbocycles. The predicted molar refractivity (Wildman–Crippen MR) is 110 cm³/mol. The van der Waals surface area contributed by atoms with Crippen molar-refractivity contribution < 1.29 is 9.53 Å². The molecule has 7 nitrogen and oxygen atoms in total. The lowest BCUT2D eigenvalue weighted by Gasteiger charge is -2.29. The zero-order valence-corrected chi connectivity index (χ0v) is 17.6. The van der Waals surface area contributed by atoms with E-state index in [0.717, 1.165) is 44.7 Å². The lowest BCUT2D eigenvalue weighted by atomic mass is 9.73. The highest BCUT2D eigenvalue weighted by atomic mass is 16.5. The highest BCUT2D eigenvalue weighted by Gasteiger charge is 2.62. The van der Waals surface area contributed by atoms with Crippen LogP contribution in [0.2, 0.25) is 0 Å². The summed E-state index contributed by atoms with van der Waals surface area (Å²) in [5.74, 6) is 0.861. The molecule has 3 aliphatic rings. The van der Waals surface area contributed by atoms with Gasteiger partial charge in [0.05, 0.1) is 17.4 Å². The molecule has 5 heterocycles. The maximum Gasteiger partial charge on any atom is 0.267 e.